The molecule has 0 saturated carbocycles. The Labute approximate surface area is 193 Å². The molecular weight excluding hydrogens is 430 g/mol. The van der Waals surface area contributed by atoms with Crippen LogP contribution in [0.25, 0.3) is 0 Å². The van der Waals surface area contributed by atoms with Gasteiger partial charge in [0.25, 0.3) is 0 Å². The number of fused-ring (bicyclic) bond motifs is 1. The lowest BCUT2D eigenvalue weighted by Gasteiger charge is -2.23. The summed E-state index contributed by atoms with van der Waals surface area (Å²) in [5, 5.41) is 12.5. The molecule has 0 unspecified atom stereocenters. The van der Waals surface area contributed by atoms with E-state index >= 15 is 0 Å². The Balaban J connectivity index is 1.51. The number of unbranched alkanes of at least 4 members (excludes halogenated alkanes) is 1. The van der Waals surface area contributed by atoms with E-state index in [4.69, 9.17) is 4.74 Å². The Morgan fingerprint density at radius 1 is 1.24 bits per heavy atom. The predicted octanol–water partition coefficient (Wildman–Crippen LogP) is 5.02. The molecule has 9 heteroatoms. The molecule has 0 radical (unpaired) electrons. The molecular formula is C24H32F2N4O3. The molecule has 0 amide bonds. The molecule has 0 saturated heterocycles. The standard InChI is InChI=1S/C24H32F2N4O3/c1-2-33-23-28-15-19(16-29-23)18(13-21(31)32)14-24(25,26)11-5-3-8-20-10-9-17-7-4-6-12-27-22(17)30-20/h9-10,15-16,18H,2-8,11-14H2,1H3,(H,27,30)(H,31,32)/t18-/m1/s1. The van der Waals surface area contributed by atoms with E-state index in [9.17, 15) is 18.7 Å². The lowest BCUT2D eigenvalue weighted by molar-refractivity contribution is -0.138. The van der Waals surface area contributed by atoms with Crippen LogP contribution in [0.5, 0.6) is 6.01 Å². The normalized spacial score (nSPS) is 17.0. The van der Waals surface area contributed by atoms with Crippen molar-refractivity contribution in [3.05, 3.63) is 41.4 Å². The molecule has 7 nitrogen and oxygen atoms in total. The topological polar surface area (TPSA) is 96.7 Å². The van der Waals surface area contributed by atoms with Crippen molar-refractivity contribution < 1.29 is 23.4 Å². The Hall–Kier alpha value is -2.84. The highest BCUT2D eigenvalue weighted by Crippen LogP contribution is 2.36. The number of amidine groups is 1. The number of aliphatic carboxylic acids is 1. The highest BCUT2D eigenvalue weighted by molar-refractivity contribution is 6.00. The number of halogens is 2. The van der Waals surface area contributed by atoms with Gasteiger partial charge in [0.1, 0.15) is 5.84 Å². The number of carboxylic acid groups (broad SMARTS) is 1. The molecule has 0 aliphatic carbocycles. The average molecular weight is 463 g/mol. The third-order valence-corrected chi connectivity index (χ3v) is 5.79. The molecule has 180 valence electrons. The van der Waals surface area contributed by atoms with Crippen LogP contribution in [0.2, 0.25) is 0 Å². The second-order valence-corrected chi connectivity index (χ2v) is 8.49. The van der Waals surface area contributed by atoms with Crippen LogP contribution in [-0.4, -0.2) is 46.0 Å². The summed E-state index contributed by atoms with van der Waals surface area (Å²) in [6.45, 7) is 2.98. The third-order valence-electron chi connectivity index (χ3n) is 5.79. The quantitative estimate of drug-likeness (QED) is 0.424. The molecule has 0 spiro atoms. The molecule has 1 aromatic rings. The van der Waals surface area contributed by atoms with Crippen molar-refractivity contribution in [3.8, 4) is 6.01 Å². The fraction of sp³-hybridized carbons (Fsp3) is 0.583. The van der Waals surface area contributed by atoms with Crippen LogP contribution in [0.4, 0.5) is 8.78 Å². The lowest BCUT2D eigenvalue weighted by Crippen LogP contribution is -2.27. The Kier molecular flexibility index (Phi) is 8.91. The van der Waals surface area contributed by atoms with Crippen molar-refractivity contribution in [2.24, 2.45) is 4.99 Å². The number of carbonyl (C=O) groups is 1. The van der Waals surface area contributed by atoms with Gasteiger partial charge in [-0.2, -0.15) is 0 Å². The monoisotopic (exact) mass is 462 g/mol. The maximum atomic E-state index is 14.7. The molecule has 1 atom stereocenters. The van der Waals surface area contributed by atoms with Gasteiger partial charge in [0.15, 0.2) is 0 Å². The smallest absolute Gasteiger partial charge is 0.316 e. The van der Waals surface area contributed by atoms with Crippen molar-refractivity contribution in [2.75, 3.05) is 13.2 Å². The first-order chi connectivity index (χ1) is 15.9. The molecule has 3 heterocycles. The molecule has 0 fully saturated rings. The fourth-order valence-electron chi connectivity index (χ4n) is 4.08. The summed E-state index contributed by atoms with van der Waals surface area (Å²) >= 11 is 0. The van der Waals surface area contributed by atoms with Crippen molar-refractivity contribution in [1.82, 2.24) is 15.3 Å². The van der Waals surface area contributed by atoms with E-state index in [0.29, 0.717) is 31.4 Å². The molecule has 1 aromatic heterocycles. The maximum Gasteiger partial charge on any atom is 0.316 e. The molecule has 0 aromatic carbocycles. The number of aliphatic imine (C=N–C) groups is 1. The van der Waals surface area contributed by atoms with Gasteiger partial charge < -0.3 is 15.2 Å². The van der Waals surface area contributed by atoms with Crippen molar-refractivity contribution in [2.45, 2.75) is 76.6 Å². The zero-order valence-corrected chi connectivity index (χ0v) is 19.0. The van der Waals surface area contributed by atoms with Gasteiger partial charge in [-0.1, -0.05) is 6.08 Å². The van der Waals surface area contributed by atoms with Crippen molar-refractivity contribution in [3.63, 3.8) is 0 Å². The first-order valence-corrected chi connectivity index (χ1v) is 11.6. The summed E-state index contributed by atoms with van der Waals surface area (Å²) < 4.78 is 34.6. The number of hydrogen-bond donors (Lipinski definition) is 2. The minimum atomic E-state index is -2.98. The number of allylic oxidation sites excluding steroid dienone is 3. The minimum Gasteiger partial charge on any atom is -0.481 e. The van der Waals surface area contributed by atoms with Crippen LogP contribution in [0, 0.1) is 0 Å². The number of nitrogens with zero attached hydrogens (tertiary/aromatic N) is 3. The molecule has 3 rings (SSSR count). The van der Waals surface area contributed by atoms with Gasteiger partial charge in [0.05, 0.1) is 13.0 Å². The number of alkyl halides is 2. The van der Waals surface area contributed by atoms with Crippen LogP contribution in [0.1, 0.15) is 76.2 Å². The van der Waals surface area contributed by atoms with Gasteiger partial charge in [0, 0.05) is 43.4 Å². The Morgan fingerprint density at radius 3 is 2.76 bits per heavy atom. The first-order valence-electron chi connectivity index (χ1n) is 11.6. The van der Waals surface area contributed by atoms with E-state index < -0.39 is 30.7 Å². The Morgan fingerprint density at radius 2 is 2.03 bits per heavy atom. The van der Waals surface area contributed by atoms with Crippen molar-refractivity contribution >= 4 is 11.8 Å². The molecule has 0 bridgehead atoms. The summed E-state index contributed by atoms with van der Waals surface area (Å²) in [5.74, 6) is -4.06. The summed E-state index contributed by atoms with van der Waals surface area (Å²) in [4.78, 5) is 23.8. The Bertz CT molecular complexity index is 897. The van der Waals surface area contributed by atoms with E-state index in [0.717, 1.165) is 37.3 Å². The maximum absolute atomic E-state index is 14.7. The molecule has 33 heavy (non-hydrogen) atoms. The zero-order chi connectivity index (χ0) is 23.7. The van der Waals surface area contributed by atoms with Crippen LogP contribution >= 0.6 is 0 Å². The van der Waals surface area contributed by atoms with Crippen molar-refractivity contribution in [1.29, 1.82) is 0 Å². The van der Waals surface area contributed by atoms with Gasteiger partial charge in [-0.05, 0) is 62.7 Å². The minimum absolute atomic E-state index is 0.143. The number of carboxylic acids is 1. The van der Waals surface area contributed by atoms with Gasteiger partial charge in [-0.3, -0.25) is 9.79 Å². The second kappa shape index (κ2) is 11.9. The second-order valence-electron chi connectivity index (χ2n) is 8.49. The largest absolute Gasteiger partial charge is 0.481 e. The van der Waals surface area contributed by atoms with E-state index in [-0.39, 0.29) is 12.4 Å². The molecule has 2 aliphatic heterocycles. The summed E-state index contributed by atoms with van der Waals surface area (Å²) in [6, 6.07) is 0.143. The lowest BCUT2D eigenvalue weighted by atomic mass is 9.89. The number of dihydropyridines is 1. The fourth-order valence-corrected chi connectivity index (χ4v) is 4.08. The average Bonchev–Trinajstić information content (AvgIpc) is 3.02. The highest BCUT2D eigenvalue weighted by Gasteiger charge is 2.34. The van der Waals surface area contributed by atoms with Gasteiger partial charge in [-0.25, -0.2) is 18.7 Å². The summed E-state index contributed by atoms with van der Waals surface area (Å²) in [7, 11) is 0. The highest BCUT2D eigenvalue weighted by atomic mass is 19.3. The number of aromatic nitrogens is 2. The van der Waals surface area contributed by atoms with Crippen LogP contribution in [0.3, 0.4) is 0 Å². The van der Waals surface area contributed by atoms with E-state index in [1.54, 1.807) is 6.92 Å². The predicted molar refractivity (Wildman–Crippen MR) is 122 cm³/mol. The van der Waals surface area contributed by atoms with Crippen LogP contribution in [0.15, 0.2) is 40.8 Å². The number of rotatable bonds is 12. The third kappa shape index (κ3) is 7.91. The van der Waals surface area contributed by atoms with Gasteiger partial charge >= 0.3 is 12.0 Å². The zero-order valence-electron chi connectivity index (χ0n) is 19.0. The SMILES string of the molecule is CCOc1ncc([C@H](CC(=O)O)CC(F)(F)CCCCC2=CC=C3CCCCN=C3N2)cn1. The number of nitrogens with one attached hydrogen (secondary N) is 1. The van der Waals surface area contributed by atoms with Gasteiger partial charge in [-0.15, -0.1) is 0 Å². The number of ether oxygens (including phenoxy) is 1. The first kappa shape index (κ1) is 24.8. The van der Waals surface area contributed by atoms with E-state index in [1.165, 1.54) is 18.0 Å². The molecule has 2 N–H and O–H groups in total. The number of hydrogen-bond acceptors (Lipinski definition) is 6. The van der Waals surface area contributed by atoms with E-state index in [2.05, 4.69) is 26.4 Å². The van der Waals surface area contributed by atoms with Gasteiger partial charge in [0.2, 0.25) is 5.92 Å². The summed E-state index contributed by atoms with van der Waals surface area (Å²) in [5.41, 5.74) is 2.59. The van der Waals surface area contributed by atoms with Crippen LogP contribution in [-0.2, 0) is 4.79 Å². The molecule has 2 aliphatic rings. The van der Waals surface area contributed by atoms with Crippen LogP contribution < -0.4 is 10.1 Å². The van der Waals surface area contributed by atoms with E-state index in [1.807, 2.05) is 6.08 Å². The summed E-state index contributed by atoms with van der Waals surface area (Å²) in [6.07, 6.45) is 10.5.